The second-order valence-electron chi connectivity index (χ2n) is 10.6. The SMILES string of the molecule is N#CC1(C(NC(=O)CC2CC(F)(F)C2)c2cnn3cc([C@@H](N)C4CCC(F)(F)CC4)nc3c2)CC1. The highest BCUT2D eigenvalue weighted by Crippen LogP contribution is 2.54. The van der Waals surface area contributed by atoms with Gasteiger partial charge in [0.1, 0.15) is 0 Å². The maximum absolute atomic E-state index is 13.5. The maximum atomic E-state index is 13.5. The van der Waals surface area contributed by atoms with Crippen molar-refractivity contribution < 1.29 is 22.4 Å². The molecule has 3 saturated carbocycles. The predicted molar refractivity (Wildman–Crippen MR) is 117 cm³/mol. The van der Waals surface area contributed by atoms with Gasteiger partial charge in [-0.25, -0.2) is 27.1 Å². The molecule has 1 unspecified atom stereocenters. The number of amides is 1. The van der Waals surface area contributed by atoms with Crippen LogP contribution in [0.25, 0.3) is 5.65 Å². The van der Waals surface area contributed by atoms with Gasteiger partial charge in [-0.1, -0.05) is 0 Å². The lowest BCUT2D eigenvalue weighted by molar-refractivity contribution is -0.134. The van der Waals surface area contributed by atoms with Crippen LogP contribution in [0.1, 0.15) is 81.1 Å². The number of nitrogens with two attached hydrogens (primary N) is 1. The van der Waals surface area contributed by atoms with Crippen LogP contribution in [0, 0.1) is 28.6 Å². The molecule has 0 spiro atoms. The van der Waals surface area contributed by atoms with E-state index in [1.807, 2.05) is 0 Å². The van der Waals surface area contributed by atoms with E-state index >= 15 is 0 Å². The number of nitrogens with zero attached hydrogens (tertiary/aromatic N) is 4. The smallest absolute Gasteiger partial charge is 0.248 e. The summed E-state index contributed by atoms with van der Waals surface area (Å²) in [6.45, 7) is 0. The van der Waals surface area contributed by atoms with Gasteiger partial charge in [-0.2, -0.15) is 10.4 Å². The first kappa shape index (κ1) is 24.0. The average molecular weight is 493 g/mol. The highest BCUT2D eigenvalue weighted by molar-refractivity contribution is 5.77. The van der Waals surface area contributed by atoms with Crippen molar-refractivity contribution in [3.8, 4) is 6.07 Å². The van der Waals surface area contributed by atoms with Crippen LogP contribution in [-0.4, -0.2) is 32.4 Å². The van der Waals surface area contributed by atoms with Crippen LogP contribution in [0.4, 0.5) is 17.6 Å². The molecule has 2 heterocycles. The number of rotatable bonds is 7. The normalized spacial score (nSPS) is 24.8. The number of carbonyl (C=O) groups excluding carboxylic acids is 1. The van der Waals surface area contributed by atoms with Crippen molar-refractivity contribution in [1.29, 1.82) is 5.26 Å². The summed E-state index contributed by atoms with van der Waals surface area (Å²) in [6.07, 6.45) is 4.15. The van der Waals surface area contributed by atoms with E-state index in [4.69, 9.17) is 5.73 Å². The highest BCUT2D eigenvalue weighted by Gasteiger charge is 2.52. The van der Waals surface area contributed by atoms with Crippen LogP contribution in [0.5, 0.6) is 0 Å². The summed E-state index contributed by atoms with van der Waals surface area (Å²) >= 11 is 0. The van der Waals surface area contributed by atoms with Crippen molar-refractivity contribution in [1.82, 2.24) is 19.9 Å². The number of hydrogen-bond donors (Lipinski definition) is 2. The molecular weight excluding hydrogens is 464 g/mol. The Morgan fingerprint density at radius 3 is 2.49 bits per heavy atom. The van der Waals surface area contributed by atoms with Crippen LogP contribution in [0.3, 0.4) is 0 Å². The van der Waals surface area contributed by atoms with E-state index in [1.54, 1.807) is 18.5 Å². The van der Waals surface area contributed by atoms with Crippen molar-refractivity contribution in [3.05, 3.63) is 29.7 Å². The molecule has 11 heteroatoms. The molecule has 2 atom stereocenters. The monoisotopic (exact) mass is 492 g/mol. The van der Waals surface area contributed by atoms with E-state index < -0.39 is 29.3 Å². The number of nitrogens with one attached hydrogen (secondary N) is 1. The third-order valence-electron chi connectivity index (χ3n) is 7.82. The molecule has 7 nitrogen and oxygen atoms in total. The Morgan fingerprint density at radius 1 is 1.20 bits per heavy atom. The molecule has 5 rings (SSSR count). The number of alkyl halides is 4. The van der Waals surface area contributed by atoms with Crippen LogP contribution >= 0.6 is 0 Å². The van der Waals surface area contributed by atoms with Gasteiger partial charge in [-0.3, -0.25) is 4.79 Å². The summed E-state index contributed by atoms with van der Waals surface area (Å²) in [4.78, 5) is 17.2. The Bertz CT molecular complexity index is 1150. The van der Waals surface area contributed by atoms with Gasteiger partial charge in [-0.15, -0.1) is 0 Å². The first-order valence-electron chi connectivity index (χ1n) is 12.1. The molecule has 0 aromatic carbocycles. The number of hydrogen-bond acceptors (Lipinski definition) is 5. The second-order valence-corrected chi connectivity index (χ2v) is 10.6. The Balaban J connectivity index is 1.33. The first-order valence-corrected chi connectivity index (χ1v) is 12.1. The first-order chi connectivity index (χ1) is 16.5. The Kier molecular flexibility index (Phi) is 5.78. The fourth-order valence-corrected chi connectivity index (χ4v) is 5.44. The van der Waals surface area contributed by atoms with E-state index in [9.17, 15) is 27.6 Å². The van der Waals surface area contributed by atoms with Gasteiger partial charge >= 0.3 is 0 Å². The molecule has 1 amide bonds. The Morgan fingerprint density at radius 2 is 1.89 bits per heavy atom. The number of imidazole rings is 1. The molecule has 0 radical (unpaired) electrons. The molecule has 3 aliphatic rings. The van der Waals surface area contributed by atoms with Gasteiger partial charge in [0, 0.05) is 32.1 Å². The molecule has 188 valence electrons. The quantitative estimate of drug-likeness (QED) is 0.555. The maximum Gasteiger partial charge on any atom is 0.248 e. The standard InChI is InChI=1S/C24H28F4N6O/c25-23(26)3-1-15(2-4-23)20(30)17-12-34-18(32-17)8-16(11-31-34)21(22(13-29)5-6-22)33-19(35)7-14-9-24(27,28)10-14/h8,11-12,14-15,20-21H,1-7,9-10,30H2,(H,33,35)/t20-,21?/m0/s1. The van der Waals surface area contributed by atoms with Crippen molar-refractivity contribution in [2.24, 2.45) is 23.0 Å². The molecule has 3 N–H and O–H groups in total. The Hall–Kier alpha value is -2.74. The number of halogens is 4. The van der Waals surface area contributed by atoms with Crippen LogP contribution in [-0.2, 0) is 4.79 Å². The van der Waals surface area contributed by atoms with E-state index in [0.717, 1.165) is 0 Å². The van der Waals surface area contributed by atoms with E-state index in [-0.39, 0.29) is 49.8 Å². The molecule has 0 saturated heterocycles. The fraction of sp³-hybridized carbons (Fsp3) is 0.667. The zero-order chi connectivity index (χ0) is 25.0. The molecule has 35 heavy (non-hydrogen) atoms. The van der Waals surface area contributed by atoms with Gasteiger partial charge in [0.25, 0.3) is 0 Å². The van der Waals surface area contributed by atoms with Gasteiger partial charge < -0.3 is 11.1 Å². The lowest BCUT2D eigenvalue weighted by Gasteiger charge is -2.35. The van der Waals surface area contributed by atoms with Crippen LogP contribution < -0.4 is 11.1 Å². The number of nitriles is 1. The zero-order valence-electron chi connectivity index (χ0n) is 19.2. The minimum absolute atomic E-state index is 0.00785. The topological polar surface area (TPSA) is 109 Å². The highest BCUT2D eigenvalue weighted by atomic mass is 19.3. The molecule has 0 aliphatic heterocycles. The zero-order valence-corrected chi connectivity index (χ0v) is 19.2. The number of carbonyl (C=O) groups is 1. The van der Waals surface area contributed by atoms with Crippen molar-refractivity contribution in [2.45, 2.75) is 81.7 Å². The lowest BCUT2D eigenvalue weighted by Crippen LogP contribution is -2.40. The number of fused-ring (bicyclic) bond motifs is 1. The Labute approximate surface area is 200 Å². The minimum Gasteiger partial charge on any atom is -0.348 e. The second kappa shape index (κ2) is 8.43. The lowest BCUT2D eigenvalue weighted by atomic mass is 9.79. The molecular formula is C24H28F4N6O. The van der Waals surface area contributed by atoms with Gasteiger partial charge in [0.15, 0.2) is 5.65 Å². The molecule has 3 aliphatic carbocycles. The van der Waals surface area contributed by atoms with E-state index in [0.29, 0.717) is 42.6 Å². The summed E-state index contributed by atoms with van der Waals surface area (Å²) in [5.41, 5.74) is 7.23. The van der Waals surface area contributed by atoms with E-state index in [2.05, 4.69) is 21.5 Å². The minimum atomic E-state index is -2.69. The van der Waals surface area contributed by atoms with Crippen molar-refractivity contribution in [2.75, 3.05) is 0 Å². The van der Waals surface area contributed by atoms with Crippen LogP contribution in [0.2, 0.25) is 0 Å². The van der Waals surface area contributed by atoms with Gasteiger partial charge in [0.2, 0.25) is 17.8 Å². The van der Waals surface area contributed by atoms with E-state index in [1.165, 1.54) is 4.52 Å². The number of aromatic nitrogens is 3. The summed E-state index contributed by atoms with van der Waals surface area (Å²) in [5.74, 6) is -6.15. The molecule has 2 aromatic heterocycles. The van der Waals surface area contributed by atoms with Crippen LogP contribution in [0.15, 0.2) is 18.5 Å². The average Bonchev–Trinajstić information content (AvgIpc) is 3.46. The molecule has 0 bridgehead atoms. The van der Waals surface area contributed by atoms with Gasteiger partial charge in [0.05, 0.1) is 41.7 Å². The van der Waals surface area contributed by atoms with Gasteiger partial charge in [-0.05, 0) is 49.1 Å². The third kappa shape index (κ3) is 4.85. The van der Waals surface area contributed by atoms with Crippen molar-refractivity contribution in [3.63, 3.8) is 0 Å². The summed E-state index contributed by atoms with van der Waals surface area (Å²) in [7, 11) is 0. The largest absolute Gasteiger partial charge is 0.348 e. The fourth-order valence-electron chi connectivity index (χ4n) is 5.44. The summed E-state index contributed by atoms with van der Waals surface area (Å²) in [6, 6.07) is 2.90. The summed E-state index contributed by atoms with van der Waals surface area (Å²) < 4.78 is 54.9. The molecule has 3 fully saturated rings. The van der Waals surface area contributed by atoms with Crippen molar-refractivity contribution >= 4 is 11.6 Å². The summed E-state index contributed by atoms with van der Waals surface area (Å²) in [5, 5.41) is 17.0. The predicted octanol–water partition coefficient (Wildman–Crippen LogP) is 4.45. The third-order valence-corrected chi connectivity index (χ3v) is 7.82. The molecule has 2 aromatic rings.